The van der Waals surface area contributed by atoms with E-state index in [4.69, 9.17) is 0 Å². The van der Waals surface area contributed by atoms with Gasteiger partial charge in [0, 0.05) is 10.5 Å². The lowest BCUT2D eigenvalue weighted by atomic mass is 10.1. The number of halogens is 1. The molecule has 0 saturated carbocycles. The summed E-state index contributed by atoms with van der Waals surface area (Å²) in [5.41, 5.74) is 1.34. The smallest absolute Gasteiger partial charge is 0.0302 e. The van der Waals surface area contributed by atoms with Crippen LogP contribution in [0.5, 0.6) is 0 Å². The average Bonchev–Trinajstić information content (AvgIpc) is 2.18. The van der Waals surface area contributed by atoms with Crippen LogP contribution in [0.15, 0.2) is 28.7 Å². The first-order chi connectivity index (χ1) is 6.75. The second-order valence-electron chi connectivity index (χ2n) is 3.55. The zero-order chi connectivity index (χ0) is 10.4. The maximum absolute atomic E-state index is 3.57. The van der Waals surface area contributed by atoms with E-state index in [-0.39, 0.29) is 0 Å². The quantitative estimate of drug-likeness (QED) is 0.788. The highest BCUT2D eigenvalue weighted by atomic mass is 79.9. The van der Waals surface area contributed by atoms with Crippen LogP contribution in [0.4, 0.5) is 0 Å². The van der Waals surface area contributed by atoms with Crippen molar-refractivity contribution in [3.63, 3.8) is 0 Å². The monoisotopic (exact) mass is 255 g/mol. The molecule has 1 atom stereocenters. The maximum atomic E-state index is 3.57. The summed E-state index contributed by atoms with van der Waals surface area (Å²) in [5.74, 6) is 0. The molecule has 0 saturated heterocycles. The van der Waals surface area contributed by atoms with Crippen LogP contribution in [0.3, 0.4) is 0 Å². The molecular formula is C12H18BrN. The van der Waals surface area contributed by atoms with E-state index in [1.807, 2.05) is 6.07 Å². The van der Waals surface area contributed by atoms with Gasteiger partial charge in [0.15, 0.2) is 0 Å². The molecule has 1 nitrogen and oxygen atoms in total. The molecule has 1 N–H and O–H groups in total. The van der Waals surface area contributed by atoms with Crippen LogP contribution >= 0.6 is 15.9 Å². The summed E-state index contributed by atoms with van der Waals surface area (Å²) < 4.78 is 1.19. The van der Waals surface area contributed by atoms with Crippen LogP contribution in [-0.4, -0.2) is 6.54 Å². The van der Waals surface area contributed by atoms with Crippen molar-refractivity contribution in [3.05, 3.63) is 34.3 Å². The summed E-state index contributed by atoms with van der Waals surface area (Å²) in [6.45, 7) is 5.51. The van der Waals surface area contributed by atoms with Gasteiger partial charge in [0.2, 0.25) is 0 Å². The molecule has 0 aliphatic rings. The molecule has 1 aromatic rings. The molecule has 78 valence electrons. The van der Waals surface area contributed by atoms with Gasteiger partial charge >= 0.3 is 0 Å². The predicted molar refractivity (Wildman–Crippen MR) is 65.5 cm³/mol. The second-order valence-corrected chi connectivity index (χ2v) is 4.41. The molecule has 0 aliphatic heterocycles. The minimum absolute atomic E-state index is 0.428. The second kappa shape index (κ2) is 6.20. The van der Waals surface area contributed by atoms with Crippen molar-refractivity contribution in [2.75, 3.05) is 6.54 Å². The van der Waals surface area contributed by atoms with E-state index >= 15 is 0 Å². The number of unbranched alkanes of at least 4 members (excludes halogenated alkanes) is 1. The fourth-order valence-electron chi connectivity index (χ4n) is 1.43. The Morgan fingerprint density at radius 2 is 2.07 bits per heavy atom. The Hall–Kier alpha value is -0.340. The number of nitrogens with one attached hydrogen (secondary N) is 1. The van der Waals surface area contributed by atoms with Gasteiger partial charge in [-0.3, -0.25) is 0 Å². The Morgan fingerprint density at radius 3 is 2.71 bits per heavy atom. The molecule has 1 rings (SSSR count). The summed E-state index contributed by atoms with van der Waals surface area (Å²) in [6.07, 6.45) is 2.49. The lowest BCUT2D eigenvalue weighted by Crippen LogP contribution is -2.19. The SMILES string of the molecule is CCCCN[C@@H](C)c1ccccc1Br. The van der Waals surface area contributed by atoms with E-state index in [1.54, 1.807) is 0 Å². The Kier molecular flexibility index (Phi) is 5.20. The number of hydrogen-bond donors (Lipinski definition) is 1. The summed E-state index contributed by atoms with van der Waals surface area (Å²) in [5, 5.41) is 3.51. The third-order valence-corrected chi connectivity index (χ3v) is 3.07. The third-order valence-electron chi connectivity index (χ3n) is 2.35. The largest absolute Gasteiger partial charge is 0.310 e. The van der Waals surface area contributed by atoms with Crippen molar-refractivity contribution in [1.82, 2.24) is 5.32 Å². The molecule has 0 aromatic heterocycles. The van der Waals surface area contributed by atoms with Gasteiger partial charge in [0.25, 0.3) is 0 Å². The maximum Gasteiger partial charge on any atom is 0.0302 e. The normalized spacial score (nSPS) is 12.8. The minimum atomic E-state index is 0.428. The van der Waals surface area contributed by atoms with Gasteiger partial charge in [0.05, 0.1) is 0 Å². The molecule has 1 aromatic carbocycles. The Balaban J connectivity index is 2.51. The molecule has 0 aliphatic carbocycles. The van der Waals surface area contributed by atoms with Crippen LogP contribution in [-0.2, 0) is 0 Å². The van der Waals surface area contributed by atoms with Gasteiger partial charge in [-0.2, -0.15) is 0 Å². The third kappa shape index (κ3) is 3.43. The van der Waals surface area contributed by atoms with E-state index in [9.17, 15) is 0 Å². The molecule has 14 heavy (non-hydrogen) atoms. The van der Waals surface area contributed by atoms with Crippen molar-refractivity contribution in [3.8, 4) is 0 Å². The number of benzene rings is 1. The van der Waals surface area contributed by atoms with Crippen molar-refractivity contribution in [1.29, 1.82) is 0 Å². The first-order valence-electron chi connectivity index (χ1n) is 5.23. The summed E-state index contributed by atoms with van der Waals surface area (Å²) in [7, 11) is 0. The van der Waals surface area contributed by atoms with Gasteiger partial charge in [0.1, 0.15) is 0 Å². The van der Waals surface area contributed by atoms with E-state index in [0.29, 0.717) is 6.04 Å². The highest BCUT2D eigenvalue weighted by Gasteiger charge is 2.06. The summed E-state index contributed by atoms with van der Waals surface area (Å²) in [6, 6.07) is 8.81. The highest BCUT2D eigenvalue weighted by Crippen LogP contribution is 2.22. The van der Waals surface area contributed by atoms with Crippen LogP contribution in [0.2, 0.25) is 0 Å². The lowest BCUT2D eigenvalue weighted by molar-refractivity contribution is 0.553. The van der Waals surface area contributed by atoms with Crippen LogP contribution < -0.4 is 5.32 Å². The highest BCUT2D eigenvalue weighted by molar-refractivity contribution is 9.10. The minimum Gasteiger partial charge on any atom is -0.310 e. The van der Waals surface area contributed by atoms with Crippen molar-refractivity contribution in [2.45, 2.75) is 32.7 Å². The molecule has 0 heterocycles. The Bertz CT molecular complexity index is 273. The van der Waals surface area contributed by atoms with E-state index in [1.165, 1.54) is 22.9 Å². The standard InChI is InChI=1S/C12H18BrN/c1-3-4-9-14-10(2)11-7-5-6-8-12(11)13/h5-8,10,14H,3-4,9H2,1-2H3/t10-/m0/s1. The van der Waals surface area contributed by atoms with Crippen LogP contribution in [0, 0.1) is 0 Å². The van der Waals surface area contributed by atoms with Gasteiger partial charge < -0.3 is 5.32 Å². The zero-order valence-electron chi connectivity index (χ0n) is 8.89. The fraction of sp³-hybridized carbons (Fsp3) is 0.500. The zero-order valence-corrected chi connectivity index (χ0v) is 10.5. The van der Waals surface area contributed by atoms with Crippen molar-refractivity contribution in [2.24, 2.45) is 0 Å². The van der Waals surface area contributed by atoms with Gasteiger partial charge in [-0.15, -0.1) is 0 Å². The summed E-state index contributed by atoms with van der Waals surface area (Å²) >= 11 is 3.57. The molecule has 0 unspecified atom stereocenters. The van der Waals surface area contributed by atoms with Crippen molar-refractivity contribution < 1.29 is 0 Å². The number of rotatable bonds is 5. The number of hydrogen-bond acceptors (Lipinski definition) is 1. The lowest BCUT2D eigenvalue weighted by Gasteiger charge is -2.15. The Morgan fingerprint density at radius 1 is 1.36 bits per heavy atom. The van der Waals surface area contributed by atoms with Gasteiger partial charge in [-0.25, -0.2) is 0 Å². The van der Waals surface area contributed by atoms with Crippen molar-refractivity contribution >= 4 is 15.9 Å². The van der Waals surface area contributed by atoms with Gasteiger partial charge in [-0.05, 0) is 31.5 Å². The molecule has 0 radical (unpaired) electrons. The van der Waals surface area contributed by atoms with E-state index in [0.717, 1.165) is 6.54 Å². The molecule has 0 amide bonds. The van der Waals surface area contributed by atoms with E-state index in [2.05, 4.69) is 53.3 Å². The molecule has 0 bridgehead atoms. The molecular weight excluding hydrogens is 238 g/mol. The van der Waals surface area contributed by atoms with Crippen LogP contribution in [0.1, 0.15) is 38.3 Å². The first-order valence-corrected chi connectivity index (χ1v) is 6.02. The molecule has 2 heteroatoms. The first kappa shape index (κ1) is 11.7. The molecule has 0 spiro atoms. The van der Waals surface area contributed by atoms with E-state index < -0.39 is 0 Å². The van der Waals surface area contributed by atoms with Gasteiger partial charge in [-0.1, -0.05) is 47.5 Å². The average molecular weight is 256 g/mol. The predicted octanol–water partition coefficient (Wildman–Crippen LogP) is 3.90. The fourth-order valence-corrected chi connectivity index (χ4v) is 2.06. The Labute approximate surface area is 95.0 Å². The van der Waals surface area contributed by atoms with Crippen LogP contribution in [0.25, 0.3) is 0 Å². The molecule has 0 fully saturated rings. The summed E-state index contributed by atoms with van der Waals surface area (Å²) in [4.78, 5) is 0. The topological polar surface area (TPSA) is 12.0 Å².